The van der Waals surface area contributed by atoms with Crippen molar-refractivity contribution in [3.05, 3.63) is 46.1 Å². The van der Waals surface area contributed by atoms with Crippen LogP contribution in [0.2, 0.25) is 0 Å². The minimum Gasteiger partial charge on any atom is -0.464 e. The predicted octanol–water partition coefficient (Wildman–Crippen LogP) is 2.06. The van der Waals surface area contributed by atoms with E-state index in [-0.39, 0.29) is 28.5 Å². The molecule has 0 fully saturated rings. The molecule has 0 saturated carbocycles. The lowest BCUT2D eigenvalue weighted by Gasteiger charge is -2.21. The molecule has 0 bridgehead atoms. The number of hydrogen-bond donors (Lipinski definition) is 1. The third kappa shape index (κ3) is 2.83. The Hall–Kier alpha value is -2.14. The van der Waals surface area contributed by atoms with Crippen LogP contribution in [0.5, 0.6) is 0 Å². The molecule has 0 aromatic heterocycles. The third-order valence-electron chi connectivity index (χ3n) is 3.06. The number of esters is 1. The third-order valence-corrected chi connectivity index (χ3v) is 3.42. The number of allylic oxidation sites excluding steroid dienone is 2. The predicted molar refractivity (Wildman–Crippen MR) is 77.2 cm³/mol. The Kier molecular flexibility index (Phi) is 4.43. The second-order valence-electron chi connectivity index (χ2n) is 4.51. The van der Waals surface area contributed by atoms with E-state index >= 15 is 0 Å². The van der Waals surface area contributed by atoms with Gasteiger partial charge in [0.25, 0.3) is 0 Å². The second-order valence-corrected chi connectivity index (χ2v) is 4.89. The maximum Gasteiger partial charge on any atom is 0.328 e. The summed E-state index contributed by atoms with van der Waals surface area (Å²) in [4.78, 5) is 36.1. The molecular weight excluding hydrogens is 294 g/mol. The SMILES string of the molecule is CCOC(=O)C(C)NC1=C(Cl)C(=O)c2ccccc2C1=O. The molecule has 1 aromatic carbocycles. The largest absolute Gasteiger partial charge is 0.464 e. The van der Waals surface area contributed by atoms with Gasteiger partial charge in [-0.3, -0.25) is 9.59 Å². The van der Waals surface area contributed by atoms with E-state index in [2.05, 4.69) is 5.32 Å². The van der Waals surface area contributed by atoms with E-state index in [1.54, 1.807) is 31.2 Å². The number of carbonyl (C=O) groups is 3. The van der Waals surface area contributed by atoms with Gasteiger partial charge < -0.3 is 10.1 Å². The monoisotopic (exact) mass is 307 g/mol. The van der Waals surface area contributed by atoms with Crippen LogP contribution in [-0.4, -0.2) is 30.2 Å². The zero-order valence-corrected chi connectivity index (χ0v) is 12.4. The first-order chi connectivity index (χ1) is 9.97. The summed E-state index contributed by atoms with van der Waals surface area (Å²) < 4.78 is 4.85. The van der Waals surface area contributed by atoms with Crippen molar-refractivity contribution in [3.8, 4) is 0 Å². The first-order valence-corrected chi connectivity index (χ1v) is 6.86. The summed E-state index contributed by atoms with van der Waals surface area (Å²) in [5.41, 5.74) is 0.466. The Morgan fingerprint density at radius 1 is 1.24 bits per heavy atom. The standard InChI is InChI=1S/C15H14ClNO4/c1-3-21-15(20)8(2)17-12-11(16)13(18)9-6-4-5-7-10(9)14(12)19/h4-8,17H,3H2,1-2H3. The summed E-state index contributed by atoms with van der Waals surface area (Å²) in [5.74, 6) is -1.37. The average Bonchev–Trinajstić information content (AvgIpc) is 2.49. The molecular formula is C15H14ClNO4. The van der Waals surface area contributed by atoms with Gasteiger partial charge in [0.05, 0.1) is 6.61 Å². The molecule has 110 valence electrons. The number of hydrogen-bond acceptors (Lipinski definition) is 5. The van der Waals surface area contributed by atoms with Crippen LogP contribution in [0, 0.1) is 0 Å². The van der Waals surface area contributed by atoms with Crippen LogP contribution in [0.1, 0.15) is 34.6 Å². The molecule has 1 aromatic rings. The van der Waals surface area contributed by atoms with Crippen LogP contribution in [0.3, 0.4) is 0 Å². The van der Waals surface area contributed by atoms with Crippen LogP contribution >= 0.6 is 11.6 Å². The van der Waals surface area contributed by atoms with Crippen LogP contribution in [-0.2, 0) is 9.53 Å². The van der Waals surface area contributed by atoms with Crippen molar-refractivity contribution in [2.24, 2.45) is 0 Å². The lowest BCUT2D eigenvalue weighted by atomic mass is 9.92. The highest BCUT2D eigenvalue weighted by Gasteiger charge is 2.32. The molecule has 1 unspecified atom stereocenters. The number of halogens is 1. The molecule has 0 radical (unpaired) electrons. The number of ketones is 2. The molecule has 21 heavy (non-hydrogen) atoms. The Morgan fingerprint density at radius 3 is 2.38 bits per heavy atom. The number of rotatable bonds is 4. The normalized spacial score (nSPS) is 15.6. The molecule has 0 aliphatic heterocycles. The summed E-state index contributed by atoms with van der Waals surface area (Å²) in [6.07, 6.45) is 0. The second kappa shape index (κ2) is 6.10. The van der Waals surface area contributed by atoms with Crippen molar-refractivity contribution in [2.75, 3.05) is 6.61 Å². The van der Waals surface area contributed by atoms with Gasteiger partial charge in [0, 0.05) is 11.1 Å². The zero-order chi connectivity index (χ0) is 15.6. The van der Waals surface area contributed by atoms with Crippen LogP contribution in [0.4, 0.5) is 0 Å². The van der Waals surface area contributed by atoms with E-state index in [0.29, 0.717) is 0 Å². The number of ether oxygens (including phenoxy) is 1. The van der Waals surface area contributed by atoms with Crippen molar-refractivity contribution in [2.45, 2.75) is 19.9 Å². The highest BCUT2D eigenvalue weighted by atomic mass is 35.5. The number of fused-ring (bicyclic) bond motifs is 1. The van der Waals surface area contributed by atoms with Gasteiger partial charge in [-0.25, -0.2) is 4.79 Å². The molecule has 1 aliphatic rings. The fraction of sp³-hybridized carbons (Fsp3) is 0.267. The number of nitrogens with one attached hydrogen (secondary N) is 1. The van der Waals surface area contributed by atoms with Crippen molar-refractivity contribution in [1.29, 1.82) is 0 Å². The molecule has 0 saturated heterocycles. The van der Waals surface area contributed by atoms with Crippen molar-refractivity contribution in [1.82, 2.24) is 5.32 Å². The van der Waals surface area contributed by atoms with Crippen molar-refractivity contribution in [3.63, 3.8) is 0 Å². The quantitative estimate of drug-likeness (QED) is 0.862. The van der Waals surface area contributed by atoms with Crippen molar-refractivity contribution < 1.29 is 19.1 Å². The molecule has 2 rings (SSSR count). The molecule has 0 heterocycles. The van der Waals surface area contributed by atoms with Gasteiger partial charge in [0.2, 0.25) is 11.6 Å². The molecule has 1 aliphatic carbocycles. The minimum absolute atomic E-state index is 0.0686. The summed E-state index contributed by atoms with van der Waals surface area (Å²) in [5, 5.41) is 2.46. The van der Waals surface area contributed by atoms with Gasteiger partial charge in [-0.15, -0.1) is 0 Å². The van der Waals surface area contributed by atoms with E-state index in [1.807, 2.05) is 0 Å². The molecule has 5 nitrogen and oxygen atoms in total. The molecule has 0 amide bonds. The topological polar surface area (TPSA) is 72.5 Å². The Balaban J connectivity index is 2.32. The molecule has 0 spiro atoms. The van der Waals surface area contributed by atoms with Gasteiger partial charge in [-0.1, -0.05) is 35.9 Å². The fourth-order valence-electron chi connectivity index (χ4n) is 2.02. The Morgan fingerprint density at radius 2 is 1.81 bits per heavy atom. The van der Waals surface area contributed by atoms with Crippen LogP contribution in [0.25, 0.3) is 0 Å². The summed E-state index contributed by atoms with van der Waals surface area (Å²) in [6.45, 7) is 3.45. The van der Waals surface area contributed by atoms with Gasteiger partial charge in [-0.2, -0.15) is 0 Å². The number of carbonyl (C=O) groups excluding carboxylic acids is 3. The molecule has 6 heteroatoms. The van der Waals surface area contributed by atoms with Crippen LogP contribution < -0.4 is 5.32 Å². The highest BCUT2D eigenvalue weighted by Crippen LogP contribution is 2.27. The first kappa shape index (κ1) is 15.3. The molecule has 1 N–H and O–H groups in total. The van der Waals surface area contributed by atoms with Crippen molar-refractivity contribution >= 4 is 29.1 Å². The van der Waals surface area contributed by atoms with Gasteiger partial charge in [-0.05, 0) is 13.8 Å². The van der Waals surface area contributed by atoms with E-state index in [1.165, 1.54) is 6.92 Å². The summed E-state index contributed by atoms with van der Waals surface area (Å²) in [6, 6.07) is 5.64. The first-order valence-electron chi connectivity index (χ1n) is 6.48. The average molecular weight is 308 g/mol. The number of Topliss-reactive ketones (excluding diaryl/α,β-unsaturated/α-hetero) is 2. The summed E-state index contributed by atoms with van der Waals surface area (Å²) in [7, 11) is 0. The van der Waals surface area contributed by atoms with Gasteiger partial charge in [0.15, 0.2) is 0 Å². The molecule has 1 atom stereocenters. The maximum atomic E-state index is 12.4. The van der Waals surface area contributed by atoms with Gasteiger partial charge in [0.1, 0.15) is 16.8 Å². The van der Waals surface area contributed by atoms with E-state index < -0.39 is 23.6 Å². The minimum atomic E-state index is -0.782. The number of benzene rings is 1. The lowest BCUT2D eigenvalue weighted by molar-refractivity contribution is -0.144. The van der Waals surface area contributed by atoms with E-state index in [9.17, 15) is 14.4 Å². The van der Waals surface area contributed by atoms with E-state index in [4.69, 9.17) is 16.3 Å². The Labute approximate surface area is 126 Å². The highest BCUT2D eigenvalue weighted by molar-refractivity contribution is 6.49. The van der Waals surface area contributed by atoms with Gasteiger partial charge >= 0.3 is 5.97 Å². The Bertz CT molecular complexity index is 651. The fourth-order valence-corrected chi connectivity index (χ4v) is 2.26. The maximum absolute atomic E-state index is 12.4. The smallest absolute Gasteiger partial charge is 0.328 e. The lowest BCUT2D eigenvalue weighted by Crippen LogP contribution is -2.39. The van der Waals surface area contributed by atoms with Crippen LogP contribution in [0.15, 0.2) is 35.0 Å². The van der Waals surface area contributed by atoms with E-state index in [0.717, 1.165) is 0 Å². The summed E-state index contributed by atoms with van der Waals surface area (Å²) >= 11 is 5.98. The zero-order valence-electron chi connectivity index (χ0n) is 11.6.